The van der Waals surface area contributed by atoms with Gasteiger partial charge in [0.15, 0.2) is 5.76 Å². The van der Waals surface area contributed by atoms with Gasteiger partial charge in [-0.15, -0.1) is 6.42 Å². The van der Waals surface area contributed by atoms with E-state index >= 15 is 0 Å². The Hall–Kier alpha value is -1.43. The minimum atomic E-state index is -0.721. The first kappa shape index (κ1) is 7.67. The number of terminal acetylenes is 1. The topological polar surface area (TPSA) is 43.4 Å². The van der Waals surface area contributed by atoms with E-state index in [1.807, 2.05) is 6.92 Å². The molecule has 0 saturated heterocycles. The van der Waals surface area contributed by atoms with Crippen LogP contribution in [0.25, 0.3) is 0 Å². The molecule has 3 nitrogen and oxygen atoms in total. The van der Waals surface area contributed by atoms with E-state index in [1.165, 1.54) is 0 Å². The van der Waals surface area contributed by atoms with Gasteiger partial charge >= 0.3 is 5.82 Å². The summed E-state index contributed by atoms with van der Waals surface area (Å²) in [6.07, 6.45) is 6.57. The van der Waals surface area contributed by atoms with Crippen molar-refractivity contribution in [3.63, 3.8) is 0 Å². The average molecular weight is 152 g/mol. The van der Waals surface area contributed by atoms with Crippen LogP contribution in [0.15, 0.2) is 13.6 Å². The Balaban J connectivity index is 3.05. The molecule has 1 aromatic heterocycles. The molecule has 0 saturated carbocycles. The van der Waals surface area contributed by atoms with Crippen LogP contribution in [0.3, 0.4) is 0 Å². The van der Waals surface area contributed by atoms with Gasteiger partial charge in [0.05, 0.1) is 0 Å². The van der Waals surface area contributed by atoms with E-state index in [9.17, 15) is 4.79 Å². The van der Waals surface area contributed by atoms with Crippen LogP contribution in [0.4, 0.5) is 0 Å². The predicted molar refractivity (Wildman–Crippen MR) is 39.2 cm³/mol. The van der Waals surface area contributed by atoms with E-state index in [-0.39, 0.29) is 5.76 Å². The van der Waals surface area contributed by atoms with Crippen molar-refractivity contribution in [2.24, 2.45) is 0 Å². The summed E-state index contributed by atoms with van der Waals surface area (Å²) in [5, 5.41) is 0. The Kier molecular flexibility index (Phi) is 2.17. The van der Waals surface area contributed by atoms with Gasteiger partial charge < -0.3 is 8.83 Å². The van der Waals surface area contributed by atoms with Crippen molar-refractivity contribution in [1.29, 1.82) is 0 Å². The summed E-state index contributed by atoms with van der Waals surface area (Å²) in [6.45, 7) is 1.97. The van der Waals surface area contributed by atoms with Gasteiger partial charge in [-0.3, -0.25) is 0 Å². The summed E-state index contributed by atoms with van der Waals surface area (Å²) in [7, 11) is 0. The third-order valence-electron chi connectivity index (χ3n) is 1.25. The van der Waals surface area contributed by atoms with Crippen molar-refractivity contribution in [2.45, 2.75) is 19.8 Å². The monoisotopic (exact) mass is 152 g/mol. The highest BCUT2D eigenvalue weighted by atomic mass is 16.6. The minimum absolute atomic E-state index is 0.219. The molecule has 58 valence electrons. The molecule has 1 heterocycles. The quantitative estimate of drug-likeness (QED) is 0.597. The first-order valence-electron chi connectivity index (χ1n) is 3.37. The molecule has 0 aliphatic heterocycles. The molecule has 0 atom stereocenters. The molecule has 3 heteroatoms. The highest BCUT2D eigenvalue weighted by Gasteiger charge is 2.08. The predicted octanol–water partition coefficient (Wildman–Crippen LogP) is 1.17. The van der Waals surface area contributed by atoms with Gasteiger partial charge in [0.25, 0.3) is 0 Å². The third-order valence-corrected chi connectivity index (χ3v) is 1.25. The molecule has 0 N–H and O–H groups in total. The molecule has 1 aromatic rings. The molecule has 0 fully saturated rings. The number of rotatable bonds is 2. The fourth-order valence-corrected chi connectivity index (χ4v) is 0.810. The summed E-state index contributed by atoms with van der Waals surface area (Å²) in [5.74, 6) is 2.21. The van der Waals surface area contributed by atoms with Crippen molar-refractivity contribution in [1.82, 2.24) is 0 Å². The summed E-state index contributed by atoms with van der Waals surface area (Å²) in [6, 6.07) is 0. The van der Waals surface area contributed by atoms with Crippen LogP contribution in [-0.4, -0.2) is 0 Å². The molecule has 0 spiro atoms. The summed E-state index contributed by atoms with van der Waals surface area (Å²) >= 11 is 0. The lowest BCUT2D eigenvalue weighted by molar-refractivity contribution is 0.371. The van der Waals surface area contributed by atoms with Crippen LogP contribution in [0, 0.1) is 12.3 Å². The highest BCUT2D eigenvalue weighted by Crippen LogP contribution is 2.06. The lowest BCUT2D eigenvalue weighted by atomic mass is 10.2. The van der Waals surface area contributed by atoms with Crippen molar-refractivity contribution < 1.29 is 8.83 Å². The first-order chi connectivity index (χ1) is 5.27. The Morgan fingerprint density at radius 3 is 2.82 bits per heavy atom. The Bertz CT molecular complexity index is 324. The Morgan fingerprint density at radius 1 is 1.55 bits per heavy atom. The minimum Gasteiger partial charge on any atom is -0.395 e. The van der Waals surface area contributed by atoms with Gasteiger partial charge in [0.1, 0.15) is 0 Å². The third kappa shape index (κ3) is 1.53. The highest BCUT2D eigenvalue weighted by molar-refractivity contribution is 5.23. The smallest absolute Gasteiger partial charge is 0.395 e. The molecule has 0 amide bonds. The van der Waals surface area contributed by atoms with Crippen molar-refractivity contribution in [3.05, 3.63) is 22.1 Å². The van der Waals surface area contributed by atoms with Crippen LogP contribution in [-0.2, 0) is 6.42 Å². The van der Waals surface area contributed by atoms with Gasteiger partial charge in [-0.1, -0.05) is 6.92 Å². The normalized spacial score (nSPS) is 9.45. The van der Waals surface area contributed by atoms with Crippen LogP contribution >= 0.6 is 0 Å². The molecular weight excluding hydrogens is 144 g/mol. The SMILES string of the molecule is C#Cc1oc(=O)oc1CCC. The van der Waals surface area contributed by atoms with Crippen LogP contribution in [0.2, 0.25) is 0 Å². The fourth-order valence-electron chi connectivity index (χ4n) is 0.810. The summed E-state index contributed by atoms with van der Waals surface area (Å²) < 4.78 is 9.24. The van der Waals surface area contributed by atoms with Crippen LogP contribution in [0.5, 0.6) is 0 Å². The van der Waals surface area contributed by atoms with E-state index in [0.29, 0.717) is 12.2 Å². The van der Waals surface area contributed by atoms with Crippen molar-refractivity contribution in [3.8, 4) is 12.3 Å². The second-order valence-corrected chi connectivity index (χ2v) is 2.10. The van der Waals surface area contributed by atoms with Gasteiger partial charge in [-0.2, -0.15) is 0 Å². The van der Waals surface area contributed by atoms with Gasteiger partial charge in [0, 0.05) is 6.42 Å². The van der Waals surface area contributed by atoms with E-state index in [0.717, 1.165) is 6.42 Å². The molecular formula is C8H8O3. The zero-order valence-electron chi connectivity index (χ0n) is 6.22. The van der Waals surface area contributed by atoms with Gasteiger partial charge in [-0.25, -0.2) is 4.79 Å². The molecule has 0 aromatic carbocycles. The maximum atomic E-state index is 10.5. The molecule has 11 heavy (non-hydrogen) atoms. The van der Waals surface area contributed by atoms with Gasteiger partial charge in [0.2, 0.25) is 5.76 Å². The van der Waals surface area contributed by atoms with Crippen molar-refractivity contribution in [2.75, 3.05) is 0 Å². The van der Waals surface area contributed by atoms with E-state index < -0.39 is 5.82 Å². The molecule has 1 rings (SSSR count). The lowest BCUT2D eigenvalue weighted by Crippen LogP contribution is -1.86. The standard InChI is InChI=1S/C8H8O3/c1-3-5-7-6(4-2)10-8(9)11-7/h2H,3,5H2,1H3. The second-order valence-electron chi connectivity index (χ2n) is 2.10. The summed E-state index contributed by atoms with van der Waals surface area (Å²) in [5.41, 5.74) is 0. The first-order valence-corrected chi connectivity index (χ1v) is 3.37. The number of hydrogen-bond acceptors (Lipinski definition) is 3. The zero-order valence-corrected chi connectivity index (χ0v) is 6.22. The Morgan fingerprint density at radius 2 is 2.27 bits per heavy atom. The van der Waals surface area contributed by atoms with E-state index in [1.54, 1.807) is 0 Å². The lowest BCUT2D eigenvalue weighted by Gasteiger charge is -1.87. The van der Waals surface area contributed by atoms with Crippen LogP contribution < -0.4 is 5.82 Å². The average Bonchev–Trinajstić information content (AvgIpc) is 2.32. The summed E-state index contributed by atoms with van der Waals surface area (Å²) in [4.78, 5) is 10.5. The number of aryl methyl sites for hydroxylation is 1. The maximum Gasteiger partial charge on any atom is 0.520 e. The second kappa shape index (κ2) is 3.11. The van der Waals surface area contributed by atoms with E-state index in [4.69, 9.17) is 6.42 Å². The largest absolute Gasteiger partial charge is 0.520 e. The molecule has 0 bridgehead atoms. The Labute approximate surface area is 64.0 Å². The molecule has 0 unspecified atom stereocenters. The zero-order chi connectivity index (χ0) is 8.27. The number of hydrogen-bond donors (Lipinski definition) is 0. The van der Waals surface area contributed by atoms with Crippen molar-refractivity contribution >= 4 is 0 Å². The fraction of sp³-hybridized carbons (Fsp3) is 0.375. The van der Waals surface area contributed by atoms with Crippen LogP contribution in [0.1, 0.15) is 24.9 Å². The molecule has 0 radical (unpaired) electrons. The molecule has 0 aliphatic rings. The maximum absolute atomic E-state index is 10.5. The van der Waals surface area contributed by atoms with Gasteiger partial charge in [-0.05, 0) is 12.3 Å². The molecule has 0 aliphatic carbocycles. The van der Waals surface area contributed by atoms with E-state index in [2.05, 4.69) is 14.8 Å².